The number of ether oxygens (including phenoxy) is 1. The Morgan fingerprint density at radius 1 is 1.10 bits per heavy atom. The molecule has 3 aliphatic rings. The maximum atomic E-state index is 12.8. The Kier molecular flexibility index (Phi) is 6.53. The number of likely N-dealkylation sites (tertiary alicyclic amines) is 1. The molecule has 1 N–H and O–H groups in total. The molecule has 1 aromatic heterocycles. The van der Waals surface area contributed by atoms with E-state index in [9.17, 15) is 14.4 Å². The minimum Gasteiger partial charge on any atom is -0.456 e. The second kappa shape index (κ2) is 9.31. The van der Waals surface area contributed by atoms with E-state index in [0.29, 0.717) is 50.9 Å². The van der Waals surface area contributed by atoms with Crippen molar-refractivity contribution in [2.75, 3.05) is 39.4 Å². The van der Waals surface area contributed by atoms with Crippen LogP contribution in [0.4, 0.5) is 0 Å². The summed E-state index contributed by atoms with van der Waals surface area (Å²) in [6.07, 6.45) is 4.93. The first-order chi connectivity index (χ1) is 14.5. The number of amides is 2. The number of hydrogen-bond acceptors (Lipinski definition) is 6. The lowest BCUT2D eigenvalue weighted by atomic mass is 10.1. The third-order valence-corrected chi connectivity index (χ3v) is 6.32. The van der Waals surface area contributed by atoms with Gasteiger partial charge < -0.3 is 19.4 Å². The van der Waals surface area contributed by atoms with E-state index in [2.05, 4.69) is 10.2 Å². The molecule has 2 amide bonds. The molecule has 0 aromatic carbocycles. The number of carbonyl (C=O) groups excluding carboxylic acids is 2. The van der Waals surface area contributed by atoms with Crippen molar-refractivity contribution in [2.24, 2.45) is 5.92 Å². The second-order valence-electron chi connectivity index (χ2n) is 8.70. The Morgan fingerprint density at radius 3 is 2.53 bits per heavy atom. The van der Waals surface area contributed by atoms with Gasteiger partial charge in [0.1, 0.15) is 5.76 Å². The molecule has 1 aromatic rings. The maximum absolute atomic E-state index is 12.8. The second-order valence-corrected chi connectivity index (χ2v) is 8.70. The fourth-order valence-electron chi connectivity index (χ4n) is 4.51. The molecule has 2 aliphatic heterocycles. The molecule has 0 bridgehead atoms. The Morgan fingerprint density at radius 2 is 1.83 bits per heavy atom. The van der Waals surface area contributed by atoms with E-state index in [0.717, 1.165) is 19.4 Å². The summed E-state index contributed by atoms with van der Waals surface area (Å²) in [6.45, 7) is 5.72. The van der Waals surface area contributed by atoms with Crippen molar-refractivity contribution >= 4 is 11.8 Å². The van der Waals surface area contributed by atoms with E-state index >= 15 is 0 Å². The summed E-state index contributed by atoms with van der Waals surface area (Å²) < 4.78 is 10.7. The van der Waals surface area contributed by atoms with Crippen molar-refractivity contribution in [3.63, 3.8) is 0 Å². The van der Waals surface area contributed by atoms with E-state index in [4.69, 9.17) is 9.15 Å². The van der Waals surface area contributed by atoms with Crippen LogP contribution in [-0.2, 0) is 9.53 Å². The van der Waals surface area contributed by atoms with E-state index < -0.39 is 0 Å². The Labute approximate surface area is 176 Å². The number of morpholine rings is 1. The Hall–Kier alpha value is -2.19. The minimum absolute atomic E-state index is 0.0470. The topological polar surface area (TPSA) is 92.1 Å². The van der Waals surface area contributed by atoms with Gasteiger partial charge in [0.05, 0.1) is 13.2 Å². The van der Waals surface area contributed by atoms with Gasteiger partial charge in [0.2, 0.25) is 5.91 Å². The fourth-order valence-corrected chi connectivity index (χ4v) is 4.51. The van der Waals surface area contributed by atoms with Crippen LogP contribution >= 0.6 is 0 Å². The molecule has 3 fully saturated rings. The zero-order chi connectivity index (χ0) is 21.1. The third-order valence-electron chi connectivity index (χ3n) is 6.32. The van der Waals surface area contributed by atoms with Crippen molar-refractivity contribution < 1.29 is 18.7 Å². The SMILES string of the molecule is Cc1cc(=O)cc(C(=O)NC[C@@H]2CC[C@H](CC(=O)N3CCOCC3)N2CC2CC2)o1. The number of nitrogens with one attached hydrogen (secondary N) is 1. The lowest BCUT2D eigenvalue weighted by molar-refractivity contribution is -0.136. The predicted octanol–water partition coefficient (Wildman–Crippen LogP) is 1.17. The molecule has 1 saturated carbocycles. The number of carbonyl (C=O) groups is 2. The van der Waals surface area contributed by atoms with Gasteiger partial charge in [-0.05, 0) is 38.5 Å². The number of aryl methyl sites for hydroxylation is 1. The first kappa shape index (κ1) is 21.1. The molecule has 0 radical (unpaired) electrons. The highest BCUT2D eigenvalue weighted by Gasteiger charge is 2.38. The van der Waals surface area contributed by atoms with Gasteiger partial charge in [-0.15, -0.1) is 0 Å². The average Bonchev–Trinajstić information content (AvgIpc) is 3.48. The molecule has 164 valence electrons. The van der Waals surface area contributed by atoms with Gasteiger partial charge >= 0.3 is 0 Å². The molecule has 2 atom stereocenters. The first-order valence-electron chi connectivity index (χ1n) is 11.0. The smallest absolute Gasteiger partial charge is 0.287 e. The van der Waals surface area contributed by atoms with E-state index in [1.165, 1.54) is 25.0 Å². The predicted molar refractivity (Wildman–Crippen MR) is 110 cm³/mol. The van der Waals surface area contributed by atoms with Crippen molar-refractivity contribution in [2.45, 2.75) is 51.1 Å². The number of nitrogens with zero attached hydrogens (tertiary/aromatic N) is 2. The van der Waals surface area contributed by atoms with Crippen LogP contribution < -0.4 is 10.7 Å². The molecular weight excluding hydrogens is 386 g/mol. The maximum Gasteiger partial charge on any atom is 0.287 e. The summed E-state index contributed by atoms with van der Waals surface area (Å²) in [5, 5.41) is 2.93. The molecule has 1 aliphatic carbocycles. The number of hydrogen-bond donors (Lipinski definition) is 1. The van der Waals surface area contributed by atoms with Crippen molar-refractivity contribution in [1.29, 1.82) is 0 Å². The summed E-state index contributed by atoms with van der Waals surface area (Å²) in [4.78, 5) is 41.2. The van der Waals surface area contributed by atoms with Crippen LogP contribution in [0.25, 0.3) is 0 Å². The number of rotatable bonds is 7. The summed E-state index contributed by atoms with van der Waals surface area (Å²) >= 11 is 0. The normalized spacial score (nSPS) is 24.8. The van der Waals surface area contributed by atoms with Crippen LogP contribution in [0.2, 0.25) is 0 Å². The molecule has 3 heterocycles. The van der Waals surface area contributed by atoms with Crippen LogP contribution in [0.5, 0.6) is 0 Å². The minimum atomic E-state index is -0.366. The van der Waals surface area contributed by atoms with Crippen molar-refractivity contribution in [1.82, 2.24) is 15.1 Å². The quantitative estimate of drug-likeness (QED) is 0.716. The molecule has 4 rings (SSSR count). The molecule has 8 nitrogen and oxygen atoms in total. The van der Waals surface area contributed by atoms with Gasteiger partial charge in [0.15, 0.2) is 11.2 Å². The highest BCUT2D eigenvalue weighted by Crippen LogP contribution is 2.35. The van der Waals surface area contributed by atoms with Gasteiger partial charge in [0, 0.05) is 56.8 Å². The average molecular weight is 418 g/mol. The molecule has 2 saturated heterocycles. The Balaban J connectivity index is 1.35. The zero-order valence-electron chi connectivity index (χ0n) is 17.6. The summed E-state index contributed by atoms with van der Waals surface area (Å²) in [5.74, 6) is 1.01. The Bertz CT molecular complexity index is 828. The molecular formula is C22H31N3O5. The van der Waals surface area contributed by atoms with E-state index in [1.807, 2.05) is 4.90 Å². The van der Waals surface area contributed by atoms with Gasteiger partial charge in [-0.2, -0.15) is 0 Å². The lowest BCUT2D eigenvalue weighted by Crippen LogP contribution is -2.47. The van der Waals surface area contributed by atoms with E-state index in [-0.39, 0.29) is 35.1 Å². The van der Waals surface area contributed by atoms with E-state index in [1.54, 1.807) is 6.92 Å². The summed E-state index contributed by atoms with van der Waals surface area (Å²) in [6, 6.07) is 3.01. The lowest BCUT2D eigenvalue weighted by Gasteiger charge is -2.33. The standard InChI is InChI=1S/C22H31N3O5/c1-15-10-19(26)12-20(30-15)22(28)23-13-18-5-4-17(25(18)14-16-2-3-16)11-21(27)24-6-8-29-9-7-24/h10,12,16-18H,2-9,11,13-14H2,1H3,(H,23,28)/t17-,18+/m1/s1. The van der Waals surface area contributed by atoms with Crippen LogP contribution in [0.3, 0.4) is 0 Å². The molecule has 8 heteroatoms. The van der Waals surface area contributed by atoms with Gasteiger partial charge in [-0.3, -0.25) is 19.3 Å². The highest BCUT2D eigenvalue weighted by molar-refractivity contribution is 5.91. The van der Waals surface area contributed by atoms with Crippen LogP contribution in [0.1, 0.15) is 48.4 Å². The van der Waals surface area contributed by atoms with Crippen LogP contribution in [0.15, 0.2) is 21.3 Å². The first-order valence-corrected chi connectivity index (χ1v) is 11.0. The third kappa shape index (κ3) is 5.29. The largest absolute Gasteiger partial charge is 0.456 e. The van der Waals surface area contributed by atoms with Crippen molar-refractivity contribution in [3.8, 4) is 0 Å². The molecule has 0 spiro atoms. The van der Waals surface area contributed by atoms with Crippen molar-refractivity contribution in [3.05, 3.63) is 33.9 Å². The molecule has 0 unspecified atom stereocenters. The van der Waals surface area contributed by atoms with Crippen LogP contribution in [0, 0.1) is 12.8 Å². The summed E-state index contributed by atoms with van der Waals surface area (Å²) in [5.41, 5.74) is -0.234. The van der Waals surface area contributed by atoms with Gasteiger partial charge in [-0.25, -0.2) is 0 Å². The zero-order valence-corrected chi connectivity index (χ0v) is 17.6. The van der Waals surface area contributed by atoms with Crippen LogP contribution in [-0.4, -0.2) is 73.1 Å². The van der Waals surface area contributed by atoms with Gasteiger partial charge in [0.25, 0.3) is 5.91 Å². The molecule has 30 heavy (non-hydrogen) atoms. The fraction of sp³-hybridized carbons (Fsp3) is 0.682. The summed E-state index contributed by atoms with van der Waals surface area (Å²) in [7, 11) is 0. The highest BCUT2D eigenvalue weighted by atomic mass is 16.5. The monoisotopic (exact) mass is 417 g/mol. The van der Waals surface area contributed by atoms with Gasteiger partial charge in [-0.1, -0.05) is 0 Å².